The molecule has 0 aromatic carbocycles. The first-order valence-corrected chi connectivity index (χ1v) is 5.09. The summed E-state index contributed by atoms with van der Waals surface area (Å²) in [5, 5.41) is 9.81. The molecule has 5 nitrogen and oxygen atoms in total. The van der Waals surface area contributed by atoms with Gasteiger partial charge in [-0.05, 0) is 13.3 Å². The van der Waals surface area contributed by atoms with E-state index >= 15 is 0 Å². The Balaban J connectivity index is 2.11. The van der Waals surface area contributed by atoms with Crippen LogP contribution in [-0.2, 0) is 6.54 Å². The number of β-amino-alcohol motifs (C(OH)–C–C–N with tert-alkyl or cyclic N) is 1. The van der Waals surface area contributed by atoms with Crippen LogP contribution in [0.1, 0.15) is 18.9 Å². The first-order valence-electron chi connectivity index (χ1n) is 5.09. The zero-order chi connectivity index (χ0) is 10.9. The molecule has 1 saturated heterocycles. The van der Waals surface area contributed by atoms with Crippen LogP contribution in [0.2, 0.25) is 0 Å². The SMILES string of the molecule is CC1(O)CCN(c2ncc(CN)cn2)C1. The molecule has 1 unspecified atom stereocenters. The van der Waals surface area contributed by atoms with E-state index in [1.165, 1.54) is 0 Å². The maximum Gasteiger partial charge on any atom is 0.225 e. The minimum atomic E-state index is -0.615. The lowest BCUT2D eigenvalue weighted by molar-refractivity contribution is 0.0838. The first-order chi connectivity index (χ1) is 7.11. The van der Waals surface area contributed by atoms with Gasteiger partial charge in [-0.15, -0.1) is 0 Å². The van der Waals surface area contributed by atoms with Gasteiger partial charge >= 0.3 is 0 Å². The molecule has 2 heterocycles. The molecular formula is C10H16N4O. The van der Waals surface area contributed by atoms with Crippen LogP contribution in [0.4, 0.5) is 5.95 Å². The standard InChI is InChI=1S/C10H16N4O/c1-10(15)2-3-14(7-10)9-12-5-8(4-11)6-13-9/h5-6,15H,2-4,7,11H2,1H3. The molecule has 1 aliphatic rings. The summed E-state index contributed by atoms with van der Waals surface area (Å²) in [6.07, 6.45) is 4.22. The molecular weight excluding hydrogens is 192 g/mol. The molecule has 1 atom stereocenters. The first kappa shape index (κ1) is 10.3. The summed E-state index contributed by atoms with van der Waals surface area (Å²) < 4.78 is 0. The molecule has 5 heteroatoms. The fourth-order valence-corrected chi connectivity index (χ4v) is 1.73. The average Bonchev–Trinajstić information content (AvgIpc) is 2.59. The molecule has 1 aliphatic heterocycles. The smallest absolute Gasteiger partial charge is 0.225 e. The number of anilines is 1. The van der Waals surface area contributed by atoms with Crippen molar-refractivity contribution in [3.8, 4) is 0 Å². The van der Waals surface area contributed by atoms with Crippen LogP contribution in [0.25, 0.3) is 0 Å². The van der Waals surface area contributed by atoms with Gasteiger partial charge in [0.25, 0.3) is 0 Å². The van der Waals surface area contributed by atoms with E-state index < -0.39 is 5.60 Å². The number of rotatable bonds is 2. The fourth-order valence-electron chi connectivity index (χ4n) is 1.73. The summed E-state index contributed by atoms with van der Waals surface area (Å²) in [5.41, 5.74) is 5.77. The molecule has 82 valence electrons. The second-order valence-electron chi connectivity index (χ2n) is 4.26. The molecule has 1 aromatic rings. The summed E-state index contributed by atoms with van der Waals surface area (Å²) in [4.78, 5) is 10.4. The van der Waals surface area contributed by atoms with Crippen molar-refractivity contribution in [3.05, 3.63) is 18.0 Å². The maximum absolute atomic E-state index is 9.81. The highest BCUT2D eigenvalue weighted by atomic mass is 16.3. The quantitative estimate of drug-likeness (QED) is 0.709. The molecule has 0 aliphatic carbocycles. The molecule has 0 bridgehead atoms. The topological polar surface area (TPSA) is 75.3 Å². The number of aromatic nitrogens is 2. The van der Waals surface area contributed by atoms with Crippen LogP contribution in [0, 0.1) is 0 Å². The Morgan fingerprint density at radius 1 is 1.53 bits per heavy atom. The van der Waals surface area contributed by atoms with Crippen molar-refractivity contribution in [2.24, 2.45) is 5.73 Å². The molecule has 1 aromatic heterocycles. The fraction of sp³-hybridized carbons (Fsp3) is 0.600. The van der Waals surface area contributed by atoms with Crippen LogP contribution < -0.4 is 10.6 Å². The van der Waals surface area contributed by atoms with Crippen molar-refractivity contribution in [1.82, 2.24) is 9.97 Å². The van der Waals surface area contributed by atoms with Crippen molar-refractivity contribution < 1.29 is 5.11 Å². The highest BCUT2D eigenvalue weighted by Gasteiger charge is 2.32. The lowest BCUT2D eigenvalue weighted by atomic mass is 10.1. The Morgan fingerprint density at radius 2 is 2.20 bits per heavy atom. The van der Waals surface area contributed by atoms with Gasteiger partial charge in [0, 0.05) is 37.6 Å². The summed E-state index contributed by atoms with van der Waals surface area (Å²) in [6, 6.07) is 0. The molecule has 1 fully saturated rings. The number of aliphatic hydroxyl groups is 1. The summed E-state index contributed by atoms with van der Waals surface area (Å²) in [6.45, 7) is 3.68. The third-order valence-electron chi connectivity index (χ3n) is 2.66. The zero-order valence-corrected chi connectivity index (χ0v) is 8.85. The van der Waals surface area contributed by atoms with Crippen LogP contribution in [0.3, 0.4) is 0 Å². The van der Waals surface area contributed by atoms with Crippen molar-refractivity contribution in [2.45, 2.75) is 25.5 Å². The Kier molecular flexibility index (Phi) is 2.58. The van der Waals surface area contributed by atoms with E-state index in [0.717, 1.165) is 18.5 Å². The molecule has 0 spiro atoms. The Labute approximate surface area is 88.9 Å². The van der Waals surface area contributed by atoms with Gasteiger partial charge in [-0.2, -0.15) is 0 Å². The predicted octanol–water partition coefficient (Wildman–Crippen LogP) is -0.104. The number of hydrogen-bond acceptors (Lipinski definition) is 5. The van der Waals surface area contributed by atoms with E-state index in [2.05, 4.69) is 9.97 Å². The van der Waals surface area contributed by atoms with E-state index in [4.69, 9.17) is 5.73 Å². The Hall–Kier alpha value is -1.20. The second-order valence-corrected chi connectivity index (χ2v) is 4.26. The number of nitrogens with two attached hydrogens (primary N) is 1. The number of hydrogen-bond donors (Lipinski definition) is 2. The third-order valence-corrected chi connectivity index (χ3v) is 2.66. The average molecular weight is 208 g/mol. The van der Waals surface area contributed by atoms with Gasteiger partial charge in [0.05, 0.1) is 5.60 Å². The van der Waals surface area contributed by atoms with Gasteiger partial charge in [-0.3, -0.25) is 0 Å². The highest BCUT2D eigenvalue weighted by Crippen LogP contribution is 2.23. The minimum absolute atomic E-state index is 0.456. The van der Waals surface area contributed by atoms with Gasteiger partial charge in [0.2, 0.25) is 5.95 Å². The minimum Gasteiger partial charge on any atom is -0.388 e. The van der Waals surface area contributed by atoms with E-state index in [0.29, 0.717) is 19.0 Å². The Morgan fingerprint density at radius 3 is 2.67 bits per heavy atom. The molecule has 0 radical (unpaired) electrons. The Bertz CT molecular complexity index is 336. The van der Waals surface area contributed by atoms with E-state index in [9.17, 15) is 5.11 Å². The van der Waals surface area contributed by atoms with Gasteiger partial charge in [-0.1, -0.05) is 0 Å². The molecule has 2 rings (SSSR count). The highest BCUT2D eigenvalue weighted by molar-refractivity contribution is 5.33. The molecule has 0 saturated carbocycles. The van der Waals surface area contributed by atoms with Crippen LogP contribution in [0.5, 0.6) is 0 Å². The molecule has 0 amide bonds. The lowest BCUT2D eigenvalue weighted by Gasteiger charge is -2.18. The largest absolute Gasteiger partial charge is 0.388 e. The summed E-state index contributed by atoms with van der Waals surface area (Å²) >= 11 is 0. The normalized spacial score (nSPS) is 25.9. The van der Waals surface area contributed by atoms with Gasteiger partial charge in [-0.25, -0.2) is 9.97 Å². The predicted molar refractivity (Wildman–Crippen MR) is 57.4 cm³/mol. The van der Waals surface area contributed by atoms with Crippen LogP contribution in [-0.4, -0.2) is 33.8 Å². The maximum atomic E-state index is 9.81. The van der Waals surface area contributed by atoms with Crippen LogP contribution >= 0.6 is 0 Å². The van der Waals surface area contributed by atoms with Gasteiger partial charge in [0.1, 0.15) is 0 Å². The monoisotopic (exact) mass is 208 g/mol. The summed E-state index contributed by atoms with van der Waals surface area (Å²) in [5.74, 6) is 0.671. The second kappa shape index (κ2) is 3.75. The van der Waals surface area contributed by atoms with Crippen molar-refractivity contribution in [1.29, 1.82) is 0 Å². The van der Waals surface area contributed by atoms with E-state index in [1.807, 2.05) is 11.8 Å². The zero-order valence-electron chi connectivity index (χ0n) is 8.85. The van der Waals surface area contributed by atoms with E-state index in [-0.39, 0.29) is 0 Å². The lowest BCUT2D eigenvalue weighted by Crippen LogP contribution is -2.30. The third kappa shape index (κ3) is 2.24. The van der Waals surface area contributed by atoms with Crippen molar-refractivity contribution >= 4 is 5.95 Å². The summed E-state index contributed by atoms with van der Waals surface area (Å²) in [7, 11) is 0. The number of nitrogens with zero attached hydrogens (tertiary/aromatic N) is 3. The van der Waals surface area contributed by atoms with E-state index in [1.54, 1.807) is 12.4 Å². The van der Waals surface area contributed by atoms with Gasteiger partial charge in [0.15, 0.2) is 0 Å². The molecule has 3 N–H and O–H groups in total. The van der Waals surface area contributed by atoms with Crippen molar-refractivity contribution in [3.63, 3.8) is 0 Å². The molecule has 15 heavy (non-hydrogen) atoms. The van der Waals surface area contributed by atoms with Gasteiger partial charge < -0.3 is 15.7 Å². The van der Waals surface area contributed by atoms with Crippen molar-refractivity contribution in [2.75, 3.05) is 18.0 Å². The van der Waals surface area contributed by atoms with Crippen LogP contribution in [0.15, 0.2) is 12.4 Å².